The van der Waals surface area contributed by atoms with Crippen LogP contribution in [0.5, 0.6) is 0 Å². The second kappa shape index (κ2) is 9.58. The molecule has 0 aliphatic carbocycles. The van der Waals surface area contributed by atoms with E-state index in [1.54, 1.807) is 34.4 Å². The molecule has 1 aromatic heterocycles. The predicted octanol–water partition coefficient (Wildman–Crippen LogP) is 2.90. The second-order valence-electron chi connectivity index (χ2n) is 5.30. The van der Waals surface area contributed by atoms with E-state index in [1.807, 2.05) is 17.5 Å². The fraction of sp³-hybridized carbons (Fsp3) is 0.222. The van der Waals surface area contributed by atoms with Gasteiger partial charge in [-0.2, -0.15) is 0 Å². The number of rotatable bonds is 8. The fourth-order valence-electron chi connectivity index (χ4n) is 2.12. The third-order valence-electron chi connectivity index (χ3n) is 3.40. The molecule has 2 N–H and O–H groups in total. The van der Waals surface area contributed by atoms with Crippen LogP contribution in [0.3, 0.4) is 0 Å². The number of carbonyl (C=O) groups excluding carboxylic acids is 2. The van der Waals surface area contributed by atoms with Crippen molar-refractivity contribution in [2.45, 2.75) is 13.1 Å². The molecule has 1 heterocycles. The Morgan fingerprint density at radius 1 is 1.20 bits per heavy atom. The first-order valence-corrected chi connectivity index (χ1v) is 8.63. The van der Waals surface area contributed by atoms with Crippen molar-refractivity contribution in [1.29, 1.82) is 0 Å². The molecule has 0 fully saturated rings. The van der Waals surface area contributed by atoms with E-state index in [0.29, 0.717) is 13.1 Å². The Kier molecular flexibility index (Phi) is 7.16. The number of hydrogen-bond acceptors (Lipinski definition) is 3. The van der Waals surface area contributed by atoms with Gasteiger partial charge in [0.05, 0.1) is 13.1 Å². The molecule has 0 atom stereocenters. The molecule has 0 bridgehead atoms. The van der Waals surface area contributed by atoms with Crippen LogP contribution < -0.4 is 10.6 Å². The van der Waals surface area contributed by atoms with E-state index in [2.05, 4.69) is 17.2 Å². The zero-order chi connectivity index (χ0) is 18.1. The molecule has 5 nitrogen and oxygen atoms in total. The summed E-state index contributed by atoms with van der Waals surface area (Å²) in [7, 11) is 0. The summed E-state index contributed by atoms with van der Waals surface area (Å²) in [5.74, 6) is -0.517. The van der Waals surface area contributed by atoms with Crippen LogP contribution in [-0.2, 0) is 17.9 Å². The van der Waals surface area contributed by atoms with Crippen LogP contribution in [0.1, 0.15) is 10.4 Å². The zero-order valence-electron chi connectivity index (χ0n) is 13.7. The van der Waals surface area contributed by atoms with Crippen LogP contribution in [0, 0.1) is 5.82 Å². The number of carbonyl (C=O) groups is 2. The Hall–Kier alpha value is -2.67. The normalized spacial score (nSPS) is 10.1. The van der Waals surface area contributed by atoms with E-state index < -0.39 is 6.03 Å². The number of urea groups is 1. The average molecular weight is 361 g/mol. The minimum atomic E-state index is -0.452. The van der Waals surface area contributed by atoms with Crippen molar-refractivity contribution in [2.24, 2.45) is 0 Å². The highest BCUT2D eigenvalue weighted by Crippen LogP contribution is 2.11. The number of nitrogens with zero attached hydrogens (tertiary/aromatic N) is 1. The molecule has 0 spiro atoms. The van der Waals surface area contributed by atoms with Gasteiger partial charge in [0.2, 0.25) is 5.91 Å². The molecule has 25 heavy (non-hydrogen) atoms. The number of nitrogens with one attached hydrogen (secondary N) is 2. The second-order valence-corrected chi connectivity index (χ2v) is 6.34. The minimum Gasteiger partial charge on any atom is -0.334 e. The van der Waals surface area contributed by atoms with Crippen molar-refractivity contribution in [3.63, 3.8) is 0 Å². The smallest absolute Gasteiger partial charge is 0.315 e. The molecule has 0 aliphatic rings. The zero-order valence-corrected chi connectivity index (χ0v) is 14.5. The van der Waals surface area contributed by atoms with E-state index in [1.165, 1.54) is 12.1 Å². The fourth-order valence-corrected chi connectivity index (χ4v) is 2.84. The number of benzene rings is 1. The van der Waals surface area contributed by atoms with Gasteiger partial charge < -0.3 is 15.5 Å². The Balaban J connectivity index is 1.77. The molecule has 2 aromatic rings. The summed E-state index contributed by atoms with van der Waals surface area (Å²) < 4.78 is 12.8. The van der Waals surface area contributed by atoms with Crippen LogP contribution in [-0.4, -0.2) is 29.9 Å². The van der Waals surface area contributed by atoms with Crippen molar-refractivity contribution in [3.8, 4) is 0 Å². The highest BCUT2D eigenvalue weighted by atomic mass is 32.1. The van der Waals surface area contributed by atoms with Gasteiger partial charge in [-0.05, 0) is 29.1 Å². The van der Waals surface area contributed by atoms with Gasteiger partial charge in [0.1, 0.15) is 5.82 Å². The summed E-state index contributed by atoms with van der Waals surface area (Å²) >= 11 is 1.57. The number of hydrogen-bond donors (Lipinski definition) is 2. The molecule has 0 saturated heterocycles. The van der Waals surface area contributed by atoms with E-state index in [4.69, 9.17) is 0 Å². The lowest BCUT2D eigenvalue weighted by Crippen LogP contribution is -2.43. The van der Waals surface area contributed by atoms with Gasteiger partial charge in [-0.3, -0.25) is 4.79 Å². The standard InChI is InChI=1S/C18H20FN3O2S/c1-2-9-22(13-16-4-3-10-25-16)17(23)12-21-18(24)20-11-14-5-7-15(19)8-6-14/h2-8,10H,1,9,11-13H2,(H2,20,21,24). The summed E-state index contributed by atoms with van der Waals surface area (Å²) in [6, 6.07) is 9.27. The van der Waals surface area contributed by atoms with Crippen molar-refractivity contribution in [3.05, 3.63) is 70.7 Å². The quantitative estimate of drug-likeness (QED) is 0.710. The summed E-state index contributed by atoms with van der Waals surface area (Å²) in [4.78, 5) is 26.8. The van der Waals surface area contributed by atoms with Crippen LogP contribution in [0.15, 0.2) is 54.4 Å². The van der Waals surface area contributed by atoms with Gasteiger partial charge in [0, 0.05) is 18.0 Å². The molecule has 0 radical (unpaired) electrons. The maximum absolute atomic E-state index is 12.8. The van der Waals surface area contributed by atoms with Crippen molar-refractivity contribution in [1.82, 2.24) is 15.5 Å². The molecule has 132 valence electrons. The van der Waals surface area contributed by atoms with Gasteiger partial charge in [-0.15, -0.1) is 17.9 Å². The molecular weight excluding hydrogens is 341 g/mol. The lowest BCUT2D eigenvalue weighted by Gasteiger charge is -2.20. The summed E-state index contributed by atoms with van der Waals surface area (Å²) in [6.45, 7) is 4.71. The first-order valence-electron chi connectivity index (χ1n) is 7.75. The third-order valence-corrected chi connectivity index (χ3v) is 4.26. The highest BCUT2D eigenvalue weighted by molar-refractivity contribution is 7.09. The molecule has 0 unspecified atom stereocenters. The lowest BCUT2D eigenvalue weighted by molar-refractivity contribution is -0.130. The predicted molar refractivity (Wildman–Crippen MR) is 96.6 cm³/mol. The number of halogens is 1. The summed E-state index contributed by atoms with van der Waals surface area (Å²) in [5.41, 5.74) is 0.772. The third kappa shape index (κ3) is 6.39. The van der Waals surface area contributed by atoms with Crippen LogP contribution in [0.2, 0.25) is 0 Å². The van der Waals surface area contributed by atoms with Crippen LogP contribution >= 0.6 is 11.3 Å². The summed E-state index contributed by atoms with van der Waals surface area (Å²) in [6.07, 6.45) is 1.65. The molecule has 0 saturated carbocycles. The van der Waals surface area contributed by atoms with E-state index in [9.17, 15) is 14.0 Å². The Bertz CT molecular complexity index is 702. The molecular formula is C18H20FN3O2S. The summed E-state index contributed by atoms with van der Waals surface area (Å²) in [5, 5.41) is 7.12. The van der Waals surface area contributed by atoms with Crippen molar-refractivity contribution in [2.75, 3.05) is 13.1 Å². The first-order chi connectivity index (χ1) is 12.1. The molecule has 3 amide bonds. The molecule has 7 heteroatoms. The van der Waals surface area contributed by atoms with E-state index in [0.717, 1.165) is 10.4 Å². The SMILES string of the molecule is C=CCN(Cc1cccs1)C(=O)CNC(=O)NCc1ccc(F)cc1. The maximum atomic E-state index is 12.8. The molecule has 2 rings (SSSR count). The Labute approximate surface area is 150 Å². The topological polar surface area (TPSA) is 61.4 Å². The minimum absolute atomic E-state index is 0.103. The van der Waals surface area contributed by atoms with Crippen LogP contribution in [0.4, 0.5) is 9.18 Å². The van der Waals surface area contributed by atoms with Crippen molar-refractivity contribution >= 4 is 23.3 Å². The van der Waals surface area contributed by atoms with E-state index >= 15 is 0 Å². The van der Waals surface area contributed by atoms with Crippen molar-refractivity contribution < 1.29 is 14.0 Å². The Morgan fingerprint density at radius 2 is 1.96 bits per heavy atom. The largest absolute Gasteiger partial charge is 0.334 e. The Morgan fingerprint density at radius 3 is 2.60 bits per heavy atom. The molecule has 0 aliphatic heterocycles. The lowest BCUT2D eigenvalue weighted by atomic mass is 10.2. The first kappa shape index (κ1) is 18.7. The number of amides is 3. The van der Waals surface area contributed by atoms with Crippen LogP contribution in [0.25, 0.3) is 0 Å². The van der Waals surface area contributed by atoms with Gasteiger partial charge in [0.15, 0.2) is 0 Å². The monoisotopic (exact) mass is 361 g/mol. The van der Waals surface area contributed by atoms with Gasteiger partial charge >= 0.3 is 6.03 Å². The maximum Gasteiger partial charge on any atom is 0.315 e. The van der Waals surface area contributed by atoms with Gasteiger partial charge in [-0.1, -0.05) is 24.3 Å². The molecule has 1 aromatic carbocycles. The van der Waals surface area contributed by atoms with Gasteiger partial charge in [-0.25, -0.2) is 9.18 Å². The van der Waals surface area contributed by atoms with Gasteiger partial charge in [0.25, 0.3) is 0 Å². The highest BCUT2D eigenvalue weighted by Gasteiger charge is 2.14. The average Bonchev–Trinajstić information content (AvgIpc) is 3.12. The van der Waals surface area contributed by atoms with E-state index in [-0.39, 0.29) is 24.8 Å². The number of thiophene rings is 1.